The van der Waals surface area contributed by atoms with Crippen molar-refractivity contribution in [2.75, 3.05) is 0 Å². The quantitative estimate of drug-likeness (QED) is 0.152. The van der Waals surface area contributed by atoms with E-state index in [1.807, 2.05) is 25.4 Å². The molecule has 6 heteroatoms. The van der Waals surface area contributed by atoms with Crippen LogP contribution in [0, 0.1) is 0 Å². The summed E-state index contributed by atoms with van der Waals surface area (Å²) in [5, 5.41) is 11.6. The Bertz CT molecular complexity index is 5320. The lowest BCUT2D eigenvalue weighted by atomic mass is 9.92. The van der Waals surface area contributed by atoms with Crippen LogP contribution in [-0.4, -0.2) is 28.2 Å². The molecule has 0 unspecified atom stereocenters. The highest BCUT2D eigenvalue weighted by atomic mass is 15.0. The van der Waals surface area contributed by atoms with Crippen LogP contribution in [0.1, 0.15) is 6.92 Å². The lowest BCUT2D eigenvalue weighted by Crippen LogP contribution is -2.26. The van der Waals surface area contributed by atoms with E-state index < -0.39 is 0 Å². The van der Waals surface area contributed by atoms with Crippen LogP contribution in [0.2, 0.25) is 0 Å². The number of pyridine rings is 2. The number of aromatic nitrogens is 6. The van der Waals surface area contributed by atoms with Crippen molar-refractivity contribution in [2.24, 2.45) is 0 Å². The second-order valence-corrected chi connectivity index (χ2v) is 21.0. The summed E-state index contributed by atoms with van der Waals surface area (Å²) in [6.07, 6.45) is 10.0. The molecule has 0 radical (unpaired) electrons. The fourth-order valence-electron chi connectivity index (χ4n) is 12.9. The Morgan fingerprint density at radius 2 is 0.716 bits per heavy atom. The van der Waals surface area contributed by atoms with Crippen molar-refractivity contribution in [2.45, 2.75) is 6.92 Å². The molecule has 0 aliphatic carbocycles. The van der Waals surface area contributed by atoms with Crippen molar-refractivity contribution in [1.82, 2.24) is 28.2 Å². The normalized spacial score (nSPS) is 12.3. The maximum Gasteiger partial charge on any atom is 0.159 e. The first kappa shape index (κ1) is 46.3. The van der Waals surface area contributed by atoms with Gasteiger partial charge in [-0.05, 0) is 174 Å². The van der Waals surface area contributed by atoms with Crippen LogP contribution >= 0.6 is 0 Å². The van der Waals surface area contributed by atoms with Gasteiger partial charge in [-0.2, -0.15) is 0 Å². The molecule has 16 aromatic rings. The van der Waals surface area contributed by atoms with Gasteiger partial charge in [0.1, 0.15) is 0 Å². The average molecular weight is 1040 g/mol. The van der Waals surface area contributed by atoms with E-state index in [4.69, 9.17) is 0 Å². The number of fused-ring (bicyclic) bond motifs is 11. The van der Waals surface area contributed by atoms with Crippen molar-refractivity contribution in [1.29, 1.82) is 0 Å². The second kappa shape index (κ2) is 18.4. The Balaban J connectivity index is 0.798. The molecule has 0 aliphatic rings. The van der Waals surface area contributed by atoms with E-state index in [0.717, 1.165) is 105 Å². The van der Waals surface area contributed by atoms with Crippen LogP contribution in [0.25, 0.3) is 156 Å². The minimum Gasteiger partial charge on any atom is -0.309 e. The first-order chi connectivity index (χ1) is 40.1. The van der Waals surface area contributed by atoms with Crippen LogP contribution in [0.15, 0.2) is 267 Å². The summed E-state index contributed by atoms with van der Waals surface area (Å²) in [6, 6.07) is 88.6. The summed E-state index contributed by atoms with van der Waals surface area (Å²) in [7, 11) is 0. The number of para-hydroxylation sites is 5. The predicted octanol–water partition coefficient (Wildman–Crippen LogP) is 17.6. The Morgan fingerprint density at radius 1 is 0.321 bits per heavy atom. The van der Waals surface area contributed by atoms with Gasteiger partial charge in [0, 0.05) is 83.5 Å². The summed E-state index contributed by atoms with van der Waals surface area (Å²) in [6.45, 7) is 6.58. The smallest absolute Gasteiger partial charge is 0.159 e. The van der Waals surface area contributed by atoms with Gasteiger partial charge in [-0.15, -0.1) is 0 Å². The van der Waals surface area contributed by atoms with Crippen LogP contribution in [0.5, 0.6) is 0 Å². The monoisotopic (exact) mass is 1030 g/mol. The van der Waals surface area contributed by atoms with E-state index >= 15 is 0 Å². The molecule has 6 heterocycles. The molecule has 0 bridgehead atoms. The van der Waals surface area contributed by atoms with Gasteiger partial charge < -0.3 is 18.3 Å². The zero-order valence-corrected chi connectivity index (χ0v) is 44.4. The van der Waals surface area contributed by atoms with E-state index in [1.165, 1.54) is 48.9 Å². The predicted molar refractivity (Wildman–Crippen MR) is 340 cm³/mol. The molecule has 0 saturated carbocycles. The summed E-state index contributed by atoms with van der Waals surface area (Å²) in [4.78, 5) is 9.30. The molecular formula is C75H50N6. The van der Waals surface area contributed by atoms with Gasteiger partial charge in [0.2, 0.25) is 0 Å². The van der Waals surface area contributed by atoms with Crippen molar-refractivity contribution in [3.8, 4) is 56.1 Å². The number of rotatable bonds is 8. The van der Waals surface area contributed by atoms with Gasteiger partial charge in [-0.3, -0.25) is 0 Å². The Morgan fingerprint density at radius 3 is 1.23 bits per heavy atom. The molecule has 6 nitrogen and oxygen atoms in total. The van der Waals surface area contributed by atoms with Gasteiger partial charge in [0.25, 0.3) is 0 Å². The highest BCUT2D eigenvalue weighted by Crippen LogP contribution is 2.40. The largest absolute Gasteiger partial charge is 0.309 e. The van der Waals surface area contributed by atoms with Gasteiger partial charge in [-0.1, -0.05) is 134 Å². The number of hydrogen-bond acceptors (Lipinski definition) is 2. The van der Waals surface area contributed by atoms with E-state index in [1.54, 1.807) is 0 Å². The lowest BCUT2D eigenvalue weighted by molar-refractivity contribution is 1.07. The first-order valence-corrected chi connectivity index (χ1v) is 27.6. The molecule has 0 spiro atoms. The zero-order chi connectivity index (χ0) is 53.7. The third kappa shape index (κ3) is 7.27. The van der Waals surface area contributed by atoms with Crippen molar-refractivity contribution >= 4 is 100 Å². The third-order valence-electron chi connectivity index (χ3n) is 16.6. The van der Waals surface area contributed by atoms with E-state index in [-0.39, 0.29) is 0 Å². The Kier molecular flexibility index (Phi) is 10.5. The summed E-state index contributed by atoms with van der Waals surface area (Å²) in [5.41, 5.74) is 20.0. The summed E-state index contributed by atoms with van der Waals surface area (Å²) < 4.78 is 9.55. The molecule has 0 saturated heterocycles. The highest BCUT2D eigenvalue weighted by molar-refractivity contribution is 6.13. The van der Waals surface area contributed by atoms with Crippen LogP contribution < -0.4 is 10.6 Å². The van der Waals surface area contributed by atoms with Crippen LogP contribution in [-0.2, 0) is 0 Å². The number of allylic oxidation sites excluding steroid dienone is 2. The van der Waals surface area contributed by atoms with Crippen LogP contribution in [0.4, 0.5) is 0 Å². The highest BCUT2D eigenvalue weighted by Gasteiger charge is 2.19. The van der Waals surface area contributed by atoms with Gasteiger partial charge in [0.15, 0.2) is 5.65 Å². The number of benzene rings is 10. The zero-order valence-electron chi connectivity index (χ0n) is 44.4. The molecule has 10 aromatic carbocycles. The standard InChI is InChI=1S/C75H50N6/c1-3-4-22-67-48(2)58-16-5-10-23-68(58)80(67)56-36-38-73-65(46-56)62-19-8-13-26-71(62)78(73)54-32-28-49(29-33-54)51-43-52(45-53(44-51)59-40-42-77-75-64(59)21-15-41-76-75)50-30-34-55(35-31-50)79-72-27-14-9-20-63(72)66-47-57(37-39-74(66)79)81-69-24-11-6-17-60(69)61-18-7-12-25-70(61)81/h3-47H,2H2,1H3/b4-3-,67-22+. The third-order valence-corrected chi connectivity index (χ3v) is 16.6. The molecule has 0 amide bonds. The van der Waals surface area contributed by atoms with E-state index in [0.29, 0.717) is 0 Å². The molecule has 6 aromatic heterocycles. The molecule has 0 fully saturated rings. The molecule has 380 valence electrons. The van der Waals surface area contributed by atoms with Crippen molar-refractivity contribution in [3.05, 3.63) is 278 Å². The maximum absolute atomic E-state index is 4.65. The second-order valence-electron chi connectivity index (χ2n) is 21.0. The Hall–Kier alpha value is -10.8. The topological polar surface area (TPSA) is 45.5 Å². The maximum atomic E-state index is 4.65. The molecule has 16 rings (SSSR count). The Labute approximate surface area is 466 Å². The van der Waals surface area contributed by atoms with Crippen LogP contribution in [0.3, 0.4) is 0 Å². The van der Waals surface area contributed by atoms with Gasteiger partial charge in [0.05, 0.1) is 44.0 Å². The molecule has 0 atom stereocenters. The average Bonchev–Trinajstić information content (AvgIpc) is 4.38. The molecule has 81 heavy (non-hydrogen) atoms. The van der Waals surface area contributed by atoms with Gasteiger partial charge >= 0.3 is 0 Å². The summed E-state index contributed by atoms with van der Waals surface area (Å²) in [5.74, 6) is 0. The van der Waals surface area contributed by atoms with E-state index in [9.17, 15) is 0 Å². The fraction of sp³-hybridized carbons (Fsp3) is 0.0133. The molecule has 0 aliphatic heterocycles. The number of hydrogen-bond donors (Lipinski definition) is 0. The first-order valence-electron chi connectivity index (χ1n) is 27.6. The number of nitrogens with zero attached hydrogens (tertiary/aromatic N) is 6. The minimum absolute atomic E-state index is 0.726. The van der Waals surface area contributed by atoms with Gasteiger partial charge in [-0.25, -0.2) is 9.97 Å². The lowest BCUT2D eigenvalue weighted by Gasteiger charge is -2.14. The molecule has 0 N–H and O–H groups in total. The molecular weight excluding hydrogens is 985 g/mol. The SMILES string of the molecule is C=c1/c(=C\C=C/C)n(-c2ccc3c(c2)c2ccccc2n3-c2ccc(-c3cc(-c4ccc(-n5c6ccccc6c6cc(-n7c8ccccc8c8ccccc87)ccc65)cc4)cc(-c4ccnc5ncccc45)c3)cc2)c2ccccc12. The summed E-state index contributed by atoms with van der Waals surface area (Å²) >= 11 is 0. The van der Waals surface area contributed by atoms with Crippen molar-refractivity contribution in [3.63, 3.8) is 0 Å². The fourth-order valence-corrected chi connectivity index (χ4v) is 12.9. The minimum atomic E-state index is 0.726. The van der Waals surface area contributed by atoms with Crippen molar-refractivity contribution < 1.29 is 0 Å². The van der Waals surface area contributed by atoms with E-state index in [2.05, 4.69) is 290 Å².